The first-order valence-electron chi connectivity index (χ1n) is 7.54. The third-order valence-electron chi connectivity index (χ3n) is 3.65. The highest BCUT2D eigenvalue weighted by Gasteiger charge is 2.36. The second-order valence-electron chi connectivity index (χ2n) is 7.11. The summed E-state index contributed by atoms with van der Waals surface area (Å²) in [7, 11) is 0. The molecule has 1 aliphatic rings. The lowest BCUT2D eigenvalue weighted by atomic mass is 9.87. The first kappa shape index (κ1) is 20.3. The highest BCUT2D eigenvalue weighted by Crippen LogP contribution is 2.30. The number of ether oxygens (including phenoxy) is 2. The zero-order valence-electron chi connectivity index (χ0n) is 14.5. The van der Waals surface area contributed by atoms with Crippen molar-refractivity contribution in [2.45, 2.75) is 51.9 Å². The summed E-state index contributed by atoms with van der Waals surface area (Å²) in [6, 6.07) is 0. The number of aliphatic hydroxyl groups is 1. The van der Waals surface area contributed by atoms with Gasteiger partial charge in [0.2, 0.25) is 0 Å². The largest absolute Gasteiger partial charge is 0.480 e. The number of nitrogens with one attached hydrogen (secondary N) is 1. The summed E-state index contributed by atoms with van der Waals surface area (Å²) >= 11 is 0. The molecule has 1 aliphatic carbocycles. The van der Waals surface area contributed by atoms with Gasteiger partial charge in [0.25, 0.3) is 0 Å². The highest BCUT2D eigenvalue weighted by atomic mass is 16.7. The maximum absolute atomic E-state index is 11.7. The van der Waals surface area contributed by atoms with E-state index < -0.39 is 35.5 Å². The summed E-state index contributed by atoms with van der Waals surface area (Å²) in [5.41, 5.74) is 0.865. The molecule has 0 bridgehead atoms. The van der Waals surface area contributed by atoms with Crippen LogP contribution < -0.4 is 11.3 Å². The highest BCUT2D eigenvalue weighted by molar-refractivity contribution is 5.78. The van der Waals surface area contributed by atoms with E-state index >= 15 is 0 Å². The van der Waals surface area contributed by atoms with Gasteiger partial charge < -0.3 is 19.7 Å². The van der Waals surface area contributed by atoms with Gasteiger partial charge in [-0.25, -0.2) is 5.43 Å². The maximum atomic E-state index is 11.7. The van der Waals surface area contributed by atoms with Gasteiger partial charge in [0.1, 0.15) is 5.54 Å². The number of hydrogen-bond acceptors (Lipinski definition) is 7. The SMILES string of the molecule is CC(C)(C)C(=O)OCOC1(O)C=CC=C(CC(C)(NN)C(=O)O)C1. The summed E-state index contributed by atoms with van der Waals surface area (Å²) in [6.07, 6.45) is 4.79. The minimum Gasteiger partial charge on any atom is -0.480 e. The molecule has 0 saturated carbocycles. The Balaban J connectivity index is 2.64. The summed E-state index contributed by atoms with van der Waals surface area (Å²) in [5.74, 6) is 2.09. The van der Waals surface area contributed by atoms with Crippen molar-refractivity contribution >= 4 is 11.9 Å². The molecule has 8 heteroatoms. The lowest BCUT2D eigenvalue weighted by molar-refractivity contribution is -0.222. The fourth-order valence-electron chi connectivity index (χ4n) is 2.04. The summed E-state index contributed by atoms with van der Waals surface area (Å²) in [4.78, 5) is 23.0. The van der Waals surface area contributed by atoms with Crippen molar-refractivity contribution < 1.29 is 29.3 Å². The number of rotatable bonds is 7. The zero-order chi connectivity index (χ0) is 18.6. The third-order valence-corrected chi connectivity index (χ3v) is 3.65. The minimum atomic E-state index is -1.67. The van der Waals surface area contributed by atoms with Gasteiger partial charge in [-0.1, -0.05) is 17.7 Å². The fraction of sp³-hybridized carbons (Fsp3) is 0.625. The average molecular weight is 342 g/mol. The van der Waals surface area contributed by atoms with Crippen LogP contribution in [0.1, 0.15) is 40.5 Å². The van der Waals surface area contributed by atoms with Crippen molar-refractivity contribution in [2.75, 3.05) is 6.79 Å². The monoisotopic (exact) mass is 342 g/mol. The van der Waals surface area contributed by atoms with Crippen molar-refractivity contribution in [3.63, 3.8) is 0 Å². The number of carbonyl (C=O) groups is 2. The quantitative estimate of drug-likeness (QED) is 0.231. The van der Waals surface area contributed by atoms with Crippen molar-refractivity contribution in [3.05, 3.63) is 23.8 Å². The van der Waals surface area contributed by atoms with Gasteiger partial charge >= 0.3 is 11.9 Å². The second kappa shape index (κ2) is 7.43. The van der Waals surface area contributed by atoms with E-state index in [1.807, 2.05) is 0 Å². The minimum absolute atomic E-state index is 0.0428. The molecule has 0 aromatic heterocycles. The van der Waals surface area contributed by atoms with Gasteiger partial charge in [0.05, 0.1) is 5.41 Å². The summed E-state index contributed by atoms with van der Waals surface area (Å²) in [6.45, 7) is 6.16. The molecule has 0 aromatic rings. The van der Waals surface area contributed by atoms with Crippen LogP contribution in [0.5, 0.6) is 0 Å². The van der Waals surface area contributed by atoms with Crippen molar-refractivity contribution in [1.82, 2.24) is 5.43 Å². The topological polar surface area (TPSA) is 131 Å². The molecule has 2 unspecified atom stereocenters. The normalized spacial score (nSPS) is 23.3. The van der Waals surface area contributed by atoms with Crippen LogP contribution in [0.15, 0.2) is 23.8 Å². The molecule has 24 heavy (non-hydrogen) atoms. The first-order chi connectivity index (χ1) is 10.9. The molecule has 0 radical (unpaired) electrons. The zero-order valence-corrected chi connectivity index (χ0v) is 14.5. The van der Waals surface area contributed by atoms with E-state index in [-0.39, 0.29) is 12.8 Å². The van der Waals surface area contributed by atoms with Gasteiger partial charge in [-0.05, 0) is 40.2 Å². The molecule has 0 aromatic carbocycles. The lowest BCUT2D eigenvalue weighted by Gasteiger charge is -2.31. The van der Waals surface area contributed by atoms with Crippen LogP contribution in [0.3, 0.4) is 0 Å². The number of carbonyl (C=O) groups excluding carboxylic acids is 1. The molecule has 8 nitrogen and oxygen atoms in total. The van der Waals surface area contributed by atoms with E-state index in [9.17, 15) is 19.8 Å². The number of allylic oxidation sites excluding steroid dienone is 2. The second-order valence-corrected chi connectivity index (χ2v) is 7.11. The van der Waals surface area contributed by atoms with Crippen molar-refractivity contribution in [3.8, 4) is 0 Å². The number of carboxylic acids is 1. The molecule has 136 valence electrons. The van der Waals surface area contributed by atoms with Crippen LogP contribution in [0.4, 0.5) is 0 Å². The summed E-state index contributed by atoms with van der Waals surface area (Å²) in [5, 5.41) is 19.7. The Kier molecular flexibility index (Phi) is 6.29. The van der Waals surface area contributed by atoms with E-state index in [4.69, 9.17) is 15.3 Å². The molecular weight excluding hydrogens is 316 g/mol. The molecule has 0 fully saturated rings. The van der Waals surface area contributed by atoms with Gasteiger partial charge in [0.15, 0.2) is 12.6 Å². The van der Waals surface area contributed by atoms with E-state index in [0.717, 1.165) is 0 Å². The average Bonchev–Trinajstić information content (AvgIpc) is 2.45. The van der Waals surface area contributed by atoms with Crippen LogP contribution in [0.2, 0.25) is 0 Å². The van der Waals surface area contributed by atoms with Crippen molar-refractivity contribution in [2.24, 2.45) is 11.3 Å². The van der Waals surface area contributed by atoms with Gasteiger partial charge in [-0.2, -0.15) is 0 Å². The van der Waals surface area contributed by atoms with Crippen LogP contribution in [0.25, 0.3) is 0 Å². The maximum Gasteiger partial charge on any atom is 0.325 e. The molecule has 5 N–H and O–H groups in total. The van der Waals surface area contributed by atoms with Crippen LogP contribution in [0, 0.1) is 5.41 Å². The van der Waals surface area contributed by atoms with Crippen molar-refractivity contribution in [1.29, 1.82) is 0 Å². The number of aliphatic carboxylic acids is 1. The van der Waals surface area contributed by atoms with E-state index in [1.54, 1.807) is 32.9 Å². The Hall–Kier alpha value is -1.74. The Labute approximate surface area is 141 Å². The smallest absolute Gasteiger partial charge is 0.325 e. The van der Waals surface area contributed by atoms with Gasteiger partial charge in [0, 0.05) is 6.42 Å². The Morgan fingerprint density at radius 1 is 1.38 bits per heavy atom. The third kappa shape index (κ3) is 5.41. The summed E-state index contributed by atoms with van der Waals surface area (Å²) < 4.78 is 10.2. The number of nitrogens with two attached hydrogens (primary N) is 1. The van der Waals surface area contributed by atoms with Crippen LogP contribution in [-0.2, 0) is 19.1 Å². The van der Waals surface area contributed by atoms with Gasteiger partial charge in [-0.15, -0.1) is 0 Å². The predicted molar refractivity (Wildman–Crippen MR) is 86.3 cm³/mol. The molecule has 2 atom stereocenters. The van der Waals surface area contributed by atoms with E-state index in [0.29, 0.717) is 5.57 Å². The van der Waals surface area contributed by atoms with E-state index in [1.165, 1.54) is 13.0 Å². The molecule has 0 spiro atoms. The molecule has 1 rings (SSSR count). The van der Waals surface area contributed by atoms with Crippen LogP contribution >= 0.6 is 0 Å². The Bertz CT molecular complexity index is 551. The molecule has 0 amide bonds. The van der Waals surface area contributed by atoms with Crippen LogP contribution in [-0.4, -0.2) is 40.3 Å². The number of hydrogen-bond donors (Lipinski definition) is 4. The fourth-order valence-corrected chi connectivity index (χ4v) is 2.04. The number of hydrazine groups is 1. The standard InChI is InChI=1S/C16H26N2O6/c1-14(2,3)13(21)23-10-24-16(22)7-5-6-11(9-16)8-15(4,18-17)12(19)20/h5-7,18,22H,8-10,17H2,1-4H3,(H,19,20). The molecular formula is C16H26N2O6. The molecule has 0 aliphatic heterocycles. The molecule has 0 saturated heterocycles. The lowest BCUT2D eigenvalue weighted by Crippen LogP contribution is -2.53. The predicted octanol–water partition coefficient (Wildman–Crippen LogP) is 0.821. The number of esters is 1. The Morgan fingerprint density at radius 2 is 2.00 bits per heavy atom. The van der Waals surface area contributed by atoms with E-state index in [2.05, 4.69) is 5.43 Å². The number of carboxylic acid groups (broad SMARTS) is 1. The van der Waals surface area contributed by atoms with Gasteiger partial charge in [-0.3, -0.25) is 15.4 Å². The first-order valence-corrected chi connectivity index (χ1v) is 7.54. The molecule has 0 heterocycles. The Morgan fingerprint density at radius 3 is 2.50 bits per heavy atom.